The molecule has 4 nitrogen and oxygen atoms in total. The van der Waals surface area contributed by atoms with E-state index in [2.05, 4.69) is 54.3 Å². The topological polar surface area (TPSA) is 32.8 Å². The van der Waals surface area contributed by atoms with Crippen molar-refractivity contribution in [2.24, 2.45) is 0 Å². The van der Waals surface area contributed by atoms with Crippen LogP contribution in [0.2, 0.25) is 0 Å². The second-order valence-corrected chi connectivity index (χ2v) is 9.12. The zero-order valence-electron chi connectivity index (χ0n) is 19.5. The molecule has 1 fully saturated rings. The molecule has 0 N–H and O–H groups in total. The van der Waals surface area contributed by atoms with E-state index in [0.717, 1.165) is 38.4 Å². The lowest BCUT2D eigenvalue weighted by molar-refractivity contribution is -0.132. The van der Waals surface area contributed by atoms with Crippen LogP contribution in [0.3, 0.4) is 0 Å². The van der Waals surface area contributed by atoms with Crippen LogP contribution in [0.1, 0.15) is 49.3 Å². The average Bonchev–Trinajstić information content (AvgIpc) is 3.22. The van der Waals surface area contributed by atoms with Gasteiger partial charge < -0.3 is 14.5 Å². The van der Waals surface area contributed by atoms with Crippen molar-refractivity contribution in [3.05, 3.63) is 59.2 Å². The van der Waals surface area contributed by atoms with E-state index in [0.29, 0.717) is 13.0 Å². The Morgan fingerprint density at radius 3 is 2.56 bits per heavy atom. The Bertz CT molecular complexity index is 884. The maximum atomic E-state index is 12.4. The highest BCUT2D eigenvalue weighted by Crippen LogP contribution is 2.27. The summed E-state index contributed by atoms with van der Waals surface area (Å²) in [6.07, 6.45) is 6.12. The van der Waals surface area contributed by atoms with Crippen LogP contribution in [0.4, 0.5) is 0 Å². The van der Waals surface area contributed by atoms with Crippen molar-refractivity contribution in [1.82, 2.24) is 9.80 Å². The predicted molar refractivity (Wildman–Crippen MR) is 133 cm³/mol. The minimum atomic E-state index is 0. The van der Waals surface area contributed by atoms with Crippen LogP contribution >= 0.6 is 12.4 Å². The third-order valence-electron chi connectivity index (χ3n) is 6.98. The normalized spacial score (nSPS) is 18.3. The maximum absolute atomic E-state index is 12.4. The highest BCUT2D eigenvalue weighted by atomic mass is 35.5. The van der Waals surface area contributed by atoms with Gasteiger partial charge in [-0.25, -0.2) is 0 Å². The number of hydrogen-bond donors (Lipinski definition) is 0. The maximum Gasteiger partial charge on any atom is 0.222 e. The van der Waals surface area contributed by atoms with Crippen LogP contribution in [0.15, 0.2) is 42.5 Å². The fourth-order valence-corrected chi connectivity index (χ4v) is 4.93. The fraction of sp³-hybridized carbons (Fsp3) is 0.519. The largest absolute Gasteiger partial charge is 0.385 e. The average molecular weight is 457 g/mol. The number of halogens is 1. The summed E-state index contributed by atoms with van der Waals surface area (Å²) >= 11 is 0. The van der Waals surface area contributed by atoms with Crippen molar-refractivity contribution in [1.29, 1.82) is 0 Å². The highest BCUT2D eigenvalue weighted by Gasteiger charge is 2.21. The third kappa shape index (κ3) is 6.12. The molecule has 0 aromatic heterocycles. The summed E-state index contributed by atoms with van der Waals surface area (Å²) < 4.78 is 5.07. The summed E-state index contributed by atoms with van der Waals surface area (Å²) in [5.74, 6) is 0.241. The van der Waals surface area contributed by atoms with E-state index >= 15 is 0 Å². The number of benzene rings is 2. The number of amides is 1. The Morgan fingerprint density at radius 1 is 1.06 bits per heavy atom. The Labute approximate surface area is 199 Å². The lowest BCUT2D eigenvalue weighted by Gasteiger charge is -2.29. The van der Waals surface area contributed by atoms with Gasteiger partial charge in [-0.15, -0.1) is 12.4 Å². The lowest BCUT2D eigenvalue weighted by Crippen LogP contribution is -2.35. The quantitative estimate of drug-likeness (QED) is 0.517. The predicted octanol–water partition coefficient (Wildman–Crippen LogP) is 5.11. The van der Waals surface area contributed by atoms with Crippen LogP contribution in [0.25, 0.3) is 11.1 Å². The molecule has 0 aliphatic carbocycles. The van der Waals surface area contributed by atoms with Crippen LogP contribution in [-0.2, 0) is 28.9 Å². The summed E-state index contributed by atoms with van der Waals surface area (Å²) in [5.41, 5.74) is 6.64. The summed E-state index contributed by atoms with van der Waals surface area (Å²) in [6.45, 7) is 6.97. The molecule has 2 aromatic carbocycles. The number of methoxy groups -OCH3 is 1. The second-order valence-electron chi connectivity index (χ2n) is 9.12. The van der Waals surface area contributed by atoms with Crippen molar-refractivity contribution >= 4 is 18.3 Å². The van der Waals surface area contributed by atoms with Crippen molar-refractivity contribution < 1.29 is 9.53 Å². The zero-order valence-corrected chi connectivity index (χ0v) is 20.3. The molecule has 1 amide bonds. The SMILES string of the molecule is COCCCC(=O)N1CCc2cc(-c3ccc(CCN4CCC[C@H]4C)cc3)ccc2C1.Cl. The van der Waals surface area contributed by atoms with Crippen LogP contribution in [0.5, 0.6) is 0 Å². The minimum absolute atomic E-state index is 0. The van der Waals surface area contributed by atoms with Gasteiger partial charge in [-0.3, -0.25) is 4.79 Å². The van der Waals surface area contributed by atoms with Gasteiger partial charge in [-0.05, 0) is 73.4 Å². The Balaban J connectivity index is 0.00000289. The molecule has 0 spiro atoms. The molecule has 2 aliphatic heterocycles. The van der Waals surface area contributed by atoms with E-state index in [4.69, 9.17) is 4.74 Å². The van der Waals surface area contributed by atoms with Gasteiger partial charge in [0.2, 0.25) is 5.91 Å². The number of carbonyl (C=O) groups excluding carboxylic acids is 1. The Kier molecular flexibility index (Phi) is 9.15. The molecule has 2 heterocycles. The number of nitrogens with zero attached hydrogens (tertiary/aromatic N) is 2. The number of hydrogen-bond acceptors (Lipinski definition) is 3. The molecule has 2 aliphatic rings. The van der Waals surface area contributed by atoms with E-state index in [-0.39, 0.29) is 18.3 Å². The van der Waals surface area contributed by atoms with E-state index < -0.39 is 0 Å². The smallest absolute Gasteiger partial charge is 0.222 e. The van der Waals surface area contributed by atoms with Crippen molar-refractivity contribution in [3.63, 3.8) is 0 Å². The first-order chi connectivity index (χ1) is 15.1. The molecule has 32 heavy (non-hydrogen) atoms. The highest BCUT2D eigenvalue weighted by molar-refractivity contribution is 5.85. The number of carbonyl (C=O) groups is 1. The van der Waals surface area contributed by atoms with Crippen molar-refractivity contribution in [3.8, 4) is 11.1 Å². The first kappa shape index (κ1) is 24.8. The Hall–Kier alpha value is -1.88. The lowest BCUT2D eigenvalue weighted by atomic mass is 9.94. The molecule has 0 unspecified atom stereocenters. The van der Waals surface area contributed by atoms with Gasteiger partial charge in [-0.1, -0.05) is 42.5 Å². The number of ether oxygens (including phenoxy) is 1. The standard InChI is InChI=1S/C27H36N2O2.ClH/c1-21-5-3-15-28(21)16-13-22-7-9-23(10-8-22)24-11-12-26-20-29(17-14-25(26)19-24)27(30)6-4-18-31-2;/h7-12,19,21H,3-6,13-18,20H2,1-2H3;1H/t21-;/m1./s1. The molecule has 0 bridgehead atoms. The minimum Gasteiger partial charge on any atom is -0.385 e. The molecule has 4 rings (SSSR count). The molecule has 1 atom stereocenters. The third-order valence-corrected chi connectivity index (χ3v) is 6.98. The molecular formula is C27H37ClN2O2. The molecule has 2 aromatic rings. The van der Waals surface area contributed by atoms with Gasteiger partial charge in [0.1, 0.15) is 0 Å². The van der Waals surface area contributed by atoms with E-state index in [1.165, 1.54) is 53.7 Å². The molecule has 0 saturated carbocycles. The van der Waals surface area contributed by atoms with Crippen LogP contribution in [-0.4, -0.2) is 55.1 Å². The number of rotatable bonds is 8. The van der Waals surface area contributed by atoms with Gasteiger partial charge >= 0.3 is 0 Å². The van der Waals surface area contributed by atoms with Gasteiger partial charge in [-0.2, -0.15) is 0 Å². The molecule has 5 heteroatoms. The van der Waals surface area contributed by atoms with Crippen LogP contribution in [0, 0.1) is 0 Å². The zero-order chi connectivity index (χ0) is 21.6. The van der Waals surface area contributed by atoms with E-state index in [9.17, 15) is 4.79 Å². The monoisotopic (exact) mass is 456 g/mol. The van der Waals surface area contributed by atoms with E-state index in [1.807, 2.05) is 4.90 Å². The van der Waals surface area contributed by atoms with Gasteiger partial charge in [0, 0.05) is 45.8 Å². The first-order valence-electron chi connectivity index (χ1n) is 11.9. The number of likely N-dealkylation sites (tertiary alicyclic amines) is 1. The van der Waals surface area contributed by atoms with Gasteiger partial charge in [0.25, 0.3) is 0 Å². The van der Waals surface area contributed by atoms with Crippen molar-refractivity contribution in [2.75, 3.05) is 33.4 Å². The van der Waals surface area contributed by atoms with Gasteiger partial charge in [0.05, 0.1) is 0 Å². The number of fused-ring (bicyclic) bond motifs is 1. The molecule has 1 saturated heterocycles. The molecule has 174 valence electrons. The van der Waals surface area contributed by atoms with Gasteiger partial charge in [0.15, 0.2) is 0 Å². The summed E-state index contributed by atoms with van der Waals surface area (Å²) in [6, 6.07) is 16.6. The molecule has 0 radical (unpaired) electrons. The first-order valence-corrected chi connectivity index (χ1v) is 11.9. The van der Waals surface area contributed by atoms with E-state index in [1.54, 1.807) is 7.11 Å². The van der Waals surface area contributed by atoms with Crippen molar-refractivity contribution in [2.45, 2.75) is 58.0 Å². The Morgan fingerprint density at radius 2 is 1.84 bits per heavy atom. The summed E-state index contributed by atoms with van der Waals surface area (Å²) in [4.78, 5) is 17.0. The summed E-state index contributed by atoms with van der Waals surface area (Å²) in [7, 11) is 1.68. The molecular weight excluding hydrogens is 420 g/mol. The fourth-order valence-electron chi connectivity index (χ4n) is 4.93. The second kappa shape index (κ2) is 11.8. The summed E-state index contributed by atoms with van der Waals surface area (Å²) in [5, 5.41) is 0. The van der Waals surface area contributed by atoms with Crippen LogP contribution < -0.4 is 0 Å².